The summed E-state index contributed by atoms with van der Waals surface area (Å²) in [5, 5.41) is 11.1. The zero-order valence-corrected chi connectivity index (χ0v) is 31.6. The van der Waals surface area contributed by atoms with Crippen molar-refractivity contribution in [1.82, 2.24) is 4.98 Å². The summed E-state index contributed by atoms with van der Waals surface area (Å²) >= 11 is 1.85. The zero-order chi connectivity index (χ0) is 37.7. The molecule has 0 bridgehead atoms. The van der Waals surface area contributed by atoms with E-state index in [1.54, 1.807) is 0 Å². The number of fused-ring (bicyclic) bond motifs is 6. The lowest BCUT2D eigenvalue weighted by atomic mass is 9.92. The molecule has 57 heavy (non-hydrogen) atoms. The van der Waals surface area contributed by atoms with E-state index in [-0.39, 0.29) is 0 Å². The highest BCUT2D eigenvalue weighted by Crippen LogP contribution is 2.41. The fourth-order valence-electron chi connectivity index (χ4n) is 8.11. The standard InChI is InChI=1S/C52H33N4S/c1-4-14-33(15-5-1)39-21-12-24-44-47(39)43-31-30-38(32-45(43)53-48(44)35-16-6-2-7-17-35)52-55-50(36-18-8-3-9-19-36)54-51(56-52)37-28-26-34(27-29-37)40-22-13-23-42-41-20-10-11-25-46(41)57-49(40)42/h1-32,50H/q-1. The van der Waals surface area contributed by atoms with Gasteiger partial charge >= 0.3 is 0 Å². The van der Waals surface area contributed by atoms with Gasteiger partial charge in [0.25, 0.3) is 0 Å². The predicted octanol–water partition coefficient (Wildman–Crippen LogP) is 14.0. The Balaban J connectivity index is 1.04. The van der Waals surface area contributed by atoms with Crippen LogP contribution < -0.4 is 0 Å². The van der Waals surface area contributed by atoms with E-state index in [9.17, 15) is 0 Å². The SMILES string of the molecule is c1ccc(-c2nc3cc(C4=NC(c5ccccc5)[N-]C(c5ccc(-c6cccc7c6sc6ccccc67)cc5)=N4)ccc3c3c(-c4ccccc4)cccc23)cc1. The van der Waals surface area contributed by atoms with Gasteiger partial charge in [-0.1, -0.05) is 188 Å². The summed E-state index contributed by atoms with van der Waals surface area (Å²) in [6, 6.07) is 68.2. The van der Waals surface area contributed by atoms with Crippen molar-refractivity contribution in [3.05, 3.63) is 216 Å². The number of rotatable bonds is 6. The van der Waals surface area contributed by atoms with Crippen molar-refractivity contribution in [2.24, 2.45) is 9.98 Å². The van der Waals surface area contributed by atoms with Crippen molar-refractivity contribution < 1.29 is 0 Å². The second-order valence-corrected chi connectivity index (χ2v) is 15.4. The molecule has 0 amide bonds. The van der Waals surface area contributed by atoms with Crippen LogP contribution in [0.15, 0.2) is 204 Å². The van der Waals surface area contributed by atoms with Crippen LogP contribution in [-0.4, -0.2) is 16.7 Å². The first-order valence-corrected chi connectivity index (χ1v) is 20.0. The van der Waals surface area contributed by atoms with E-state index in [4.69, 9.17) is 20.3 Å². The monoisotopic (exact) mass is 745 g/mol. The minimum Gasteiger partial charge on any atom is -0.438 e. The first kappa shape index (κ1) is 33.2. The highest BCUT2D eigenvalue weighted by Gasteiger charge is 2.18. The molecule has 2 aromatic heterocycles. The first-order chi connectivity index (χ1) is 28.2. The number of amidine groups is 2. The second kappa shape index (κ2) is 13.8. The molecule has 0 saturated heterocycles. The Bertz CT molecular complexity index is 3190. The molecule has 0 aliphatic carbocycles. The largest absolute Gasteiger partial charge is 0.438 e. The van der Waals surface area contributed by atoms with Crippen LogP contribution in [-0.2, 0) is 0 Å². The normalized spacial score (nSPS) is 14.1. The van der Waals surface area contributed by atoms with E-state index in [1.165, 1.54) is 42.2 Å². The van der Waals surface area contributed by atoms with Crippen LogP contribution in [0.1, 0.15) is 22.9 Å². The van der Waals surface area contributed by atoms with E-state index in [0.717, 1.165) is 49.8 Å². The number of aromatic nitrogens is 1. The Hall–Kier alpha value is -7.21. The number of aliphatic imine (C=N–C) groups is 2. The van der Waals surface area contributed by atoms with Crippen molar-refractivity contribution in [3.8, 4) is 33.5 Å². The van der Waals surface area contributed by atoms with Crippen LogP contribution in [0.3, 0.4) is 0 Å². The van der Waals surface area contributed by atoms with Crippen LogP contribution >= 0.6 is 11.3 Å². The lowest BCUT2D eigenvalue weighted by molar-refractivity contribution is 0.878. The third-order valence-corrected chi connectivity index (χ3v) is 12.1. The smallest absolute Gasteiger partial charge is 0.0822 e. The van der Waals surface area contributed by atoms with Crippen LogP contribution in [0.25, 0.3) is 80.7 Å². The molecule has 0 N–H and O–H groups in total. The summed E-state index contributed by atoms with van der Waals surface area (Å²) in [7, 11) is 0. The number of hydrogen-bond acceptors (Lipinski definition) is 4. The quantitative estimate of drug-likeness (QED) is 0.156. The number of hydrogen-bond donors (Lipinski definition) is 0. The van der Waals surface area contributed by atoms with E-state index in [0.29, 0.717) is 11.7 Å². The van der Waals surface area contributed by atoms with Gasteiger partial charge in [-0.15, -0.1) is 11.3 Å². The fourth-order valence-corrected chi connectivity index (χ4v) is 9.35. The highest BCUT2D eigenvalue weighted by atomic mass is 32.1. The maximum absolute atomic E-state index is 5.37. The van der Waals surface area contributed by atoms with E-state index in [1.807, 2.05) is 35.6 Å². The van der Waals surface area contributed by atoms with Crippen LogP contribution in [0.5, 0.6) is 0 Å². The van der Waals surface area contributed by atoms with Gasteiger partial charge in [0, 0.05) is 41.9 Å². The van der Waals surface area contributed by atoms with Gasteiger partial charge < -0.3 is 10.3 Å². The molecule has 11 rings (SSSR count). The number of nitrogens with zero attached hydrogens (tertiary/aromatic N) is 4. The van der Waals surface area contributed by atoms with Crippen molar-refractivity contribution in [2.45, 2.75) is 6.17 Å². The Morgan fingerprint density at radius 2 is 1.07 bits per heavy atom. The summed E-state index contributed by atoms with van der Waals surface area (Å²) in [5.41, 5.74) is 10.5. The summed E-state index contributed by atoms with van der Waals surface area (Å²) in [6.45, 7) is 0. The second-order valence-electron chi connectivity index (χ2n) is 14.3. The maximum Gasteiger partial charge on any atom is 0.0822 e. The lowest BCUT2D eigenvalue weighted by Crippen LogP contribution is -2.16. The molecule has 5 heteroatoms. The van der Waals surface area contributed by atoms with E-state index < -0.39 is 6.17 Å². The van der Waals surface area contributed by atoms with Gasteiger partial charge in [-0.25, -0.2) is 4.98 Å². The molecule has 8 aromatic carbocycles. The molecular formula is C52H33N4S-. The summed E-state index contributed by atoms with van der Waals surface area (Å²) in [5.74, 6) is 1.29. The molecule has 4 nitrogen and oxygen atoms in total. The van der Waals surface area contributed by atoms with Crippen molar-refractivity contribution >= 4 is 64.9 Å². The Kier molecular flexibility index (Phi) is 8.04. The number of benzene rings is 8. The Morgan fingerprint density at radius 3 is 1.86 bits per heavy atom. The van der Waals surface area contributed by atoms with E-state index in [2.05, 4.69) is 170 Å². The van der Waals surface area contributed by atoms with Gasteiger partial charge in [-0.2, -0.15) is 0 Å². The van der Waals surface area contributed by atoms with Gasteiger partial charge in [0.05, 0.1) is 23.2 Å². The highest BCUT2D eigenvalue weighted by molar-refractivity contribution is 7.26. The molecule has 0 saturated carbocycles. The van der Waals surface area contributed by atoms with E-state index >= 15 is 0 Å². The molecule has 0 fully saturated rings. The van der Waals surface area contributed by atoms with Crippen LogP contribution in [0.2, 0.25) is 0 Å². The molecule has 1 aliphatic rings. The maximum atomic E-state index is 5.37. The predicted molar refractivity (Wildman–Crippen MR) is 241 cm³/mol. The number of thiophene rings is 1. The van der Waals surface area contributed by atoms with Gasteiger partial charge in [0.2, 0.25) is 0 Å². The average Bonchev–Trinajstić information content (AvgIpc) is 3.68. The minimum atomic E-state index is -0.439. The summed E-state index contributed by atoms with van der Waals surface area (Å²) in [4.78, 5) is 15.7. The molecular weight excluding hydrogens is 713 g/mol. The van der Waals surface area contributed by atoms with Gasteiger partial charge in [0.15, 0.2) is 0 Å². The van der Waals surface area contributed by atoms with Crippen LogP contribution in [0.4, 0.5) is 0 Å². The van der Waals surface area contributed by atoms with Gasteiger partial charge in [-0.05, 0) is 51.1 Å². The summed E-state index contributed by atoms with van der Waals surface area (Å²) in [6.07, 6.45) is -0.439. The van der Waals surface area contributed by atoms with Gasteiger partial charge in [0.1, 0.15) is 0 Å². The molecule has 1 aliphatic heterocycles. The fraction of sp³-hybridized carbons (Fsp3) is 0.0192. The first-order valence-electron chi connectivity index (χ1n) is 19.2. The van der Waals surface area contributed by atoms with Gasteiger partial charge in [-0.3, -0.25) is 4.99 Å². The summed E-state index contributed by atoms with van der Waals surface area (Å²) < 4.78 is 2.60. The average molecular weight is 746 g/mol. The van der Waals surface area contributed by atoms with Crippen LogP contribution in [0, 0.1) is 0 Å². The Morgan fingerprint density at radius 1 is 0.456 bits per heavy atom. The van der Waals surface area contributed by atoms with Crippen molar-refractivity contribution in [1.29, 1.82) is 0 Å². The molecule has 10 aromatic rings. The molecule has 268 valence electrons. The van der Waals surface area contributed by atoms with Crippen molar-refractivity contribution in [3.63, 3.8) is 0 Å². The minimum absolute atomic E-state index is 0.439. The lowest BCUT2D eigenvalue weighted by Gasteiger charge is -2.32. The molecule has 0 radical (unpaired) electrons. The molecule has 3 heterocycles. The molecule has 1 unspecified atom stereocenters. The molecule has 0 spiro atoms. The topological polar surface area (TPSA) is 51.7 Å². The number of pyridine rings is 1. The third kappa shape index (κ3) is 5.88. The molecule has 1 atom stereocenters. The van der Waals surface area contributed by atoms with Crippen molar-refractivity contribution in [2.75, 3.05) is 0 Å². The third-order valence-electron chi connectivity index (χ3n) is 10.9. The zero-order valence-electron chi connectivity index (χ0n) is 30.7. The Labute approximate surface area is 334 Å².